The molecule has 2 aromatic rings. The summed E-state index contributed by atoms with van der Waals surface area (Å²) in [4.78, 5) is 15.1. The number of nitrogens with one attached hydrogen (secondary N) is 1. The van der Waals surface area contributed by atoms with Crippen LogP contribution in [0.5, 0.6) is 23.0 Å². The SMILES string of the molecule is COc1ccc(C(CNC(=O)CCc2cc(OC)c(OC)c(OC)c2)N2CCCC2)cc1. The highest BCUT2D eigenvalue weighted by Gasteiger charge is 2.24. The summed E-state index contributed by atoms with van der Waals surface area (Å²) < 4.78 is 21.5. The molecule has 2 aromatic carbocycles. The summed E-state index contributed by atoms with van der Waals surface area (Å²) >= 11 is 0. The quantitative estimate of drug-likeness (QED) is 0.573. The molecule has 1 heterocycles. The summed E-state index contributed by atoms with van der Waals surface area (Å²) in [5.74, 6) is 2.60. The Balaban J connectivity index is 1.61. The van der Waals surface area contributed by atoms with E-state index in [1.807, 2.05) is 24.3 Å². The predicted molar refractivity (Wildman–Crippen MR) is 124 cm³/mol. The number of likely N-dealkylation sites (tertiary alicyclic amines) is 1. The second-order valence-electron chi connectivity index (χ2n) is 7.87. The Morgan fingerprint density at radius 2 is 1.56 bits per heavy atom. The van der Waals surface area contributed by atoms with E-state index in [4.69, 9.17) is 18.9 Å². The first-order chi connectivity index (χ1) is 15.6. The minimum atomic E-state index is 0.0245. The van der Waals surface area contributed by atoms with Gasteiger partial charge in [-0.2, -0.15) is 0 Å². The molecule has 0 radical (unpaired) electrons. The largest absolute Gasteiger partial charge is 0.497 e. The molecule has 7 nitrogen and oxygen atoms in total. The number of nitrogens with zero attached hydrogens (tertiary/aromatic N) is 1. The highest BCUT2D eigenvalue weighted by molar-refractivity contribution is 5.76. The lowest BCUT2D eigenvalue weighted by Gasteiger charge is -2.28. The number of amides is 1. The molecule has 0 aliphatic carbocycles. The van der Waals surface area contributed by atoms with Crippen LogP contribution in [0.2, 0.25) is 0 Å². The molecule has 7 heteroatoms. The van der Waals surface area contributed by atoms with Crippen molar-refractivity contribution < 1.29 is 23.7 Å². The summed E-state index contributed by atoms with van der Waals surface area (Å²) in [7, 11) is 6.42. The number of methoxy groups -OCH3 is 4. The minimum Gasteiger partial charge on any atom is -0.497 e. The van der Waals surface area contributed by atoms with E-state index in [9.17, 15) is 4.79 Å². The third kappa shape index (κ3) is 5.85. The molecule has 1 aliphatic rings. The van der Waals surface area contributed by atoms with E-state index in [1.165, 1.54) is 18.4 Å². The Bertz CT molecular complexity index is 853. The van der Waals surface area contributed by atoms with Crippen molar-refractivity contribution in [3.05, 3.63) is 47.5 Å². The average Bonchev–Trinajstić information content (AvgIpc) is 3.37. The van der Waals surface area contributed by atoms with Crippen LogP contribution in [0.4, 0.5) is 0 Å². The molecule has 1 N–H and O–H groups in total. The van der Waals surface area contributed by atoms with Gasteiger partial charge >= 0.3 is 0 Å². The van der Waals surface area contributed by atoms with E-state index < -0.39 is 0 Å². The zero-order valence-electron chi connectivity index (χ0n) is 19.5. The van der Waals surface area contributed by atoms with E-state index in [0.717, 1.165) is 24.4 Å². The van der Waals surface area contributed by atoms with Crippen molar-refractivity contribution in [1.82, 2.24) is 10.2 Å². The molecule has 0 bridgehead atoms. The Morgan fingerprint density at radius 1 is 0.938 bits per heavy atom. The lowest BCUT2D eigenvalue weighted by molar-refractivity contribution is -0.121. The molecule has 3 rings (SSSR count). The van der Waals surface area contributed by atoms with Gasteiger partial charge in [-0.25, -0.2) is 0 Å². The summed E-state index contributed by atoms with van der Waals surface area (Å²) in [5, 5.41) is 3.14. The van der Waals surface area contributed by atoms with Crippen LogP contribution in [0.1, 0.15) is 36.4 Å². The standard InChI is InChI=1S/C25H34N2O5/c1-29-20-10-8-19(9-11-20)21(27-13-5-6-14-27)17-26-24(28)12-7-18-15-22(30-2)25(32-4)23(16-18)31-3/h8-11,15-16,21H,5-7,12-14,17H2,1-4H3,(H,26,28). The maximum Gasteiger partial charge on any atom is 0.220 e. The molecule has 1 fully saturated rings. The molecule has 1 atom stereocenters. The number of hydrogen-bond donors (Lipinski definition) is 1. The van der Waals surface area contributed by atoms with Crippen molar-refractivity contribution in [2.75, 3.05) is 48.1 Å². The monoisotopic (exact) mass is 442 g/mol. The lowest BCUT2D eigenvalue weighted by Crippen LogP contribution is -2.36. The van der Waals surface area contributed by atoms with Crippen LogP contribution in [-0.4, -0.2) is 58.9 Å². The lowest BCUT2D eigenvalue weighted by atomic mass is 10.0. The molecule has 1 amide bonds. The normalized spacial score (nSPS) is 14.6. The molecule has 32 heavy (non-hydrogen) atoms. The first-order valence-electron chi connectivity index (χ1n) is 11.0. The van der Waals surface area contributed by atoms with Gasteiger partial charge in [0.15, 0.2) is 11.5 Å². The Labute approximate surface area is 190 Å². The van der Waals surface area contributed by atoms with Crippen molar-refractivity contribution in [3.63, 3.8) is 0 Å². The van der Waals surface area contributed by atoms with Gasteiger partial charge in [0.05, 0.1) is 34.5 Å². The van der Waals surface area contributed by atoms with Crippen LogP contribution in [0.3, 0.4) is 0 Å². The summed E-state index contributed by atoms with van der Waals surface area (Å²) in [6.45, 7) is 2.69. The average molecular weight is 443 g/mol. The van der Waals surface area contributed by atoms with E-state index in [2.05, 4.69) is 22.3 Å². The molecule has 0 saturated carbocycles. The topological polar surface area (TPSA) is 69.3 Å². The van der Waals surface area contributed by atoms with E-state index >= 15 is 0 Å². The highest BCUT2D eigenvalue weighted by Crippen LogP contribution is 2.38. The predicted octanol–water partition coefficient (Wildman–Crippen LogP) is 3.61. The smallest absolute Gasteiger partial charge is 0.220 e. The Morgan fingerprint density at radius 3 is 2.09 bits per heavy atom. The van der Waals surface area contributed by atoms with Gasteiger partial charge in [0.25, 0.3) is 0 Å². The van der Waals surface area contributed by atoms with Gasteiger partial charge in [-0.05, 0) is 67.7 Å². The van der Waals surface area contributed by atoms with Gasteiger partial charge in [0.1, 0.15) is 5.75 Å². The van der Waals surface area contributed by atoms with Gasteiger partial charge in [0, 0.05) is 13.0 Å². The summed E-state index contributed by atoms with van der Waals surface area (Å²) in [5.41, 5.74) is 2.15. The van der Waals surface area contributed by atoms with Crippen LogP contribution in [0.25, 0.3) is 0 Å². The first kappa shape index (κ1) is 23.7. The van der Waals surface area contributed by atoms with Crippen molar-refractivity contribution in [2.45, 2.75) is 31.7 Å². The number of carbonyl (C=O) groups is 1. The number of aryl methyl sites for hydroxylation is 1. The maximum atomic E-state index is 12.7. The second kappa shape index (κ2) is 11.6. The molecule has 1 unspecified atom stereocenters. The van der Waals surface area contributed by atoms with Crippen LogP contribution in [0, 0.1) is 0 Å². The van der Waals surface area contributed by atoms with Crippen LogP contribution < -0.4 is 24.3 Å². The molecule has 1 saturated heterocycles. The molecule has 0 aromatic heterocycles. The summed E-state index contributed by atoms with van der Waals surface area (Å²) in [6, 6.07) is 12.1. The van der Waals surface area contributed by atoms with Crippen LogP contribution >= 0.6 is 0 Å². The molecule has 0 spiro atoms. The molecular weight excluding hydrogens is 408 g/mol. The number of ether oxygens (including phenoxy) is 4. The number of hydrogen-bond acceptors (Lipinski definition) is 6. The third-order valence-corrected chi connectivity index (χ3v) is 5.94. The van der Waals surface area contributed by atoms with Gasteiger partial charge in [0.2, 0.25) is 11.7 Å². The van der Waals surface area contributed by atoms with E-state index in [1.54, 1.807) is 28.4 Å². The fourth-order valence-corrected chi connectivity index (χ4v) is 4.17. The van der Waals surface area contributed by atoms with Crippen LogP contribution in [0.15, 0.2) is 36.4 Å². The van der Waals surface area contributed by atoms with E-state index in [-0.39, 0.29) is 11.9 Å². The van der Waals surface area contributed by atoms with Gasteiger partial charge in [-0.15, -0.1) is 0 Å². The Kier molecular flexibility index (Phi) is 8.62. The maximum absolute atomic E-state index is 12.7. The Hall–Kier alpha value is -2.93. The zero-order chi connectivity index (χ0) is 22.9. The van der Waals surface area contributed by atoms with Crippen LogP contribution in [-0.2, 0) is 11.2 Å². The molecular formula is C25H34N2O5. The number of carbonyl (C=O) groups excluding carboxylic acids is 1. The van der Waals surface area contributed by atoms with Crippen molar-refractivity contribution in [2.24, 2.45) is 0 Å². The third-order valence-electron chi connectivity index (χ3n) is 5.94. The molecule has 1 aliphatic heterocycles. The fourth-order valence-electron chi connectivity index (χ4n) is 4.17. The summed E-state index contributed by atoms with van der Waals surface area (Å²) in [6.07, 6.45) is 3.36. The molecule has 174 valence electrons. The van der Waals surface area contributed by atoms with Gasteiger partial charge < -0.3 is 24.3 Å². The highest BCUT2D eigenvalue weighted by atomic mass is 16.5. The fraction of sp³-hybridized carbons (Fsp3) is 0.480. The zero-order valence-corrected chi connectivity index (χ0v) is 19.5. The second-order valence-corrected chi connectivity index (χ2v) is 7.87. The minimum absolute atomic E-state index is 0.0245. The number of rotatable bonds is 11. The van der Waals surface area contributed by atoms with Gasteiger partial charge in [-0.3, -0.25) is 9.69 Å². The van der Waals surface area contributed by atoms with Gasteiger partial charge in [-0.1, -0.05) is 12.1 Å². The first-order valence-corrected chi connectivity index (χ1v) is 11.0. The number of benzene rings is 2. The van der Waals surface area contributed by atoms with Crippen molar-refractivity contribution in [3.8, 4) is 23.0 Å². The van der Waals surface area contributed by atoms with E-state index in [0.29, 0.717) is 36.6 Å². The van der Waals surface area contributed by atoms with Crippen molar-refractivity contribution in [1.29, 1.82) is 0 Å². The van der Waals surface area contributed by atoms with Crippen molar-refractivity contribution >= 4 is 5.91 Å².